The van der Waals surface area contributed by atoms with Crippen molar-refractivity contribution < 1.29 is 9.59 Å². The maximum Gasteiger partial charge on any atom is 0.317 e. The first-order valence-electron chi connectivity index (χ1n) is 7.03. The SMILES string of the molecule is CCCNC(=O)N1CCN(C(=O)Cc2cccs2)CC1. The van der Waals surface area contributed by atoms with Crippen molar-refractivity contribution in [1.82, 2.24) is 15.1 Å². The molecule has 110 valence electrons. The second kappa shape index (κ2) is 7.28. The first kappa shape index (κ1) is 14.8. The van der Waals surface area contributed by atoms with Gasteiger partial charge < -0.3 is 15.1 Å². The third-order valence-electron chi connectivity index (χ3n) is 3.35. The molecule has 0 saturated carbocycles. The van der Waals surface area contributed by atoms with Crippen molar-refractivity contribution in [3.8, 4) is 0 Å². The van der Waals surface area contributed by atoms with Crippen LogP contribution in [0.4, 0.5) is 4.79 Å². The van der Waals surface area contributed by atoms with Gasteiger partial charge in [0.1, 0.15) is 0 Å². The normalized spacial score (nSPS) is 15.2. The van der Waals surface area contributed by atoms with Crippen LogP contribution >= 0.6 is 11.3 Å². The molecule has 0 spiro atoms. The molecular formula is C14H21N3O2S. The molecule has 1 aromatic heterocycles. The summed E-state index contributed by atoms with van der Waals surface area (Å²) in [7, 11) is 0. The van der Waals surface area contributed by atoms with Crippen molar-refractivity contribution in [1.29, 1.82) is 0 Å². The lowest BCUT2D eigenvalue weighted by molar-refractivity contribution is -0.131. The molecule has 2 heterocycles. The highest BCUT2D eigenvalue weighted by atomic mass is 32.1. The number of hydrogen-bond acceptors (Lipinski definition) is 3. The number of nitrogens with zero attached hydrogens (tertiary/aromatic N) is 2. The summed E-state index contributed by atoms with van der Waals surface area (Å²) < 4.78 is 0. The quantitative estimate of drug-likeness (QED) is 0.916. The predicted molar refractivity (Wildman–Crippen MR) is 79.9 cm³/mol. The number of urea groups is 1. The Bertz CT molecular complexity index is 439. The summed E-state index contributed by atoms with van der Waals surface area (Å²) in [6.45, 7) is 5.22. The van der Waals surface area contributed by atoms with Crippen LogP contribution < -0.4 is 5.32 Å². The van der Waals surface area contributed by atoms with Crippen LogP contribution in [-0.2, 0) is 11.2 Å². The fourth-order valence-electron chi connectivity index (χ4n) is 2.18. The molecule has 0 aliphatic carbocycles. The van der Waals surface area contributed by atoms with Crippen molar-refractivity contribution in [2.24, 2.45) is 0 Å². The number of carbonyl (C=O) groups excluding carboxylic acids is 2. The van der Waals surface area contributed by atoms with Gasteiger partial charge in [0.25, 0.3) is 0 Å². The van der Waals surface area contributed by atoms with Gasteiger partial charge in [-0.2, -0.15) is 0 Å². The smallest absolute Gasteiger partial charge is 0.317 e. The van der Waals surface area contributed by atoms with Crippen LogP contribution in [0.1, 0.15) is 18.2 Å². The largest absolute Gasteiger partial charge is 0.339 e. The molecule has 5 nitrogen and oxygen atoms in total. The lowest BCUT2D eigenvalue weighted by Crippen LogP contribution is -2.53. The van der Waals surface area contributed by atoms with Gasteiger partial charge in [-0.3, -0.25) is 4.79 Å². The molecule has 1 saturated heterocycles. The Morgan fingerprint density at radius 3 is 2.55 bits per heavy atom. The molecule has 1 fully saturated rings. The number of amides is 3. The van der Waals surface area contributed by atoms with Gasteiger partial charge in [-0.25, -0.2) is 4.79 Å². The molecule has 6 heteroatoms. The van der Waals surface area contributed by atoms with E-state index in [1.54, 1.807) is 16.2 Å². The molecule has 1 aromatic rings. The van der Waals surface area contributed by atoms with Gasteiger partial charge in [0, 0.05) is 37.6 Å². The molecule has 1 N–H and O–H groups in total. The van der Waals surface area contributed by atoms with Crippen molar-refractivity contribution in [2.45, 2.75) is 19.8 Å². The molecular weight excluding hydrogens is 274 g/mol. The minimum absolute atomic E-state index is 0.0165. The zero-order valence-corrected chi connectivity index (χ0v) is 12.6. The summed E-state index contributed by atoms with van der Waals surface area (Å²) >= 11 is 1.61. The zero-order valence-electron chi connectivity index (χ0n) is 11.8. The van der Waals surface area contributed by atoms with E-state index in [4.69, 9.17) is 0 Å². The second-order valence-corrected chi connectivity index (χ2v) is 5.89. The maximum atomic E-state index is 12.1. The van der Waals surface area contributed by atoms with Gasteiger partial charge in [-0.15, -0.1) is 11.3 Å². The minimum Gasteiger partial charge on any atom is -0.339 e. The van der Waals surface area contributed by atoms with E-state index in [1.807, 2.05) is 29.3 Å². The molecule has 0 unspecified atom stereocenters. The Morgan fingerprint density at radius 1 is 1.25 bits per heavy atom. The van der Waals surface area contributed by atoms with Gasteiger partial charge in [0.15, 0.2) is 0 Å². The standard InChI is InChI=1S/C14H21N3O2S/c1-2-5-15-14(19)17-8-6-16(7-9-17)13(18)11-12-4-3-10-20-12/h3-4,10H,2,5-9,11H2,1H3,(H,15,19). The Hall–Kier alpha value is -1.56. The predicted octanol–water partition coefficient (Wildman–Crippen LogP) is 1.55. The number of hydrogen-bond donors (Lipinski definition) is 1. The van der Waals surface area contributed by atoms with Gasteiger partial charge >= 0.3 is 6.03 Å². The van der Waals surface area contributed by atoms with Crippen LogP contribution in [0.3, 0.4) is 0 Å². The average Bonchev–Trinajstić information content (AvgIpc) is 2.97. The fourth-order valence-corrected chi connectivity index (χ4v) is 2.87. The van der Waals surface area contributed by atoms with E-state index in [-0.39, 0.29) is 11.9 Å². The van der Waals surface area contributed by atoms with E-state index in [2.05, 4.69) is 5.32 Å². The number of rotatable bonds is 4. The third kappa shape index (κ3) is 3.96. The van der Waals surface area contributed by atoms with E-state index in [0.29, 0.717) is 39.1 Å². The number of thiophene rings is 1. The highest BCUT2D eigenvalue weighted by Crippen LogP contribution is 2.12. The Kier molecular flexibility index (Phi) is 5.40. The summed E-state index contributed by atoms with van der Waals surface area (Å²) in [6, 6.07) is 3.93. The summed E-state index contributed by atoms with van der Waals surface area (Å²) in [5.41, 5.74) is 0. The van der Waals surface area contributed by atoms with Crippen molar-refractivity contribution in [3.63, 3.8) is 0 Å². The Balaban J connectivity index is 1.76. The maximum absolute atomic E-state index is 12.1. The zero-order chi connectivity index (χ0) is 14.4. The fraction of sp³-hybridized carbons (Fsp3) is 0.571. The van der Waals surface area contributed by atoms with Crippen molar-refractivity contribution in [3.05, 3.63) is 22.4 Å². The summed E-state index contributed by atoms with van der Waals surface area (Å²) in [4.78, 5) is 28.7. The molecule has 1 aliphatic heterocycles. The van der Waals surface area contributed by atoms with Crippen LogP contribution in [0.25, 0.3) is 0 Å². The van der Waals surface area contributed by atoms with E-state index in [9.17, 15) is 9.59 Å². The molecule has 0 bridgehead atoms. The monoisotopic (exact) mass is 295 g/mol. The van der Waals surface area contributed by atoms with Crippen molar-refractivity contribution >= 4 is 23.3 Å². The van der Waals surface area contributed by atoms with E-state index >= 15 is 0 Å². The number of carbonyl (C=O) groups is 2. The lowest BCUT2D eigenvalue weighted by atomic mass is 10.2. The highest BCUT2D eigenvalue weighted by molar-refractivity contribution is 7.10. The van der Waals surface area contributed by atoms with E-state index in [1.165, 1.54) is 0 Å². The minimum atomic E-state index is -0.0165. The topological polar surface area (TPSA) is 52.7 Å². The number of piperazine rings is 1. The summed E-state index contributed by atoms with van der Waals surface area (Å²) in [5.74, 6) is 0.154. The molecule has 20 heavy (non-hydrogen) atoms. The first-order valence-corrected chi connectivity index (χ1v) is 7.91. The first-order chi connectivity index (χ1) is 9.70. The molecule has 2 rings (SSSR count). The van der Waals surface area contributed by atoms with Gasteiger partial charge in [-0.1, -0.05) is 13.0 Å². The molecule has 1 aliphatic rings. The molecule has 3 amide bonds. The van der Waals surface area contributed by atoms with E-state index in [0.717, 1.165) is 11.3 Å². The summed E-state index contributed by atoms with van der Waals surface area (Å²) in [6.07, 6.45) is 1.41. The van der Waals surface area contributed by atoms with Gasteiger partial charge in [0.2, 0.25) is 5.91 Å². The molecule has 0 radical (unpaired) electrons. The van der Waals surface area contributed by atoms with E-state index < -0.39 is 0 Å². The van der Waals surface area contributed by atoms with Crippen LogP contribution in [0.5, 0.6) is 0 Å². The van der Waals surface area contributed by atoms with Gasteiger partial charge in [-0.05, 0) is 17.9 Å². The molecule has 0 aromatic carbocycles. The average molecular weight is 295 g/mol. The third-order valence-corrected chi connectivity index (χ3v) is 4.23. The Labute approximate surface area is 123 Å². The highest BCUT2D eigenvalue weighted by Gasteiger charge is 2.23. The van der Waals surface area contributed by atoms with Crippen LogP contribution in [0.15, 0.2) is 17.5 Å². The van der Waals surface area contributed by atoms with Crippen LogP contribution in [0.2, 0.25) is 0 Å². The second-order valence-electron chi connectivity index (χ2n) is 4.86. The molecule has 0 atom stereocenters. The van der Waals surface area contributed by atoms with Crippen molar-refractivity contribution in [2.75, 3.05) is 32.7 Å². The van der Waals surface area contributed by atoms with Gasteiger partial charge in [0.05, 0.1) is 6.42 Å². The summed E-state index contributed by atoms with van der Waals surface area (Å²) in [5, 5.41) is 4.85. The Morgan fingerprint density at radius 2 is 1.95 bits per heavy atom. The van der Waals surface area contributed by atoms with Crippen LogP contribution in [0, 0.1) is 0 Å². The number of nitrogens with one attached hydrogen (secondary N) is 1. The lowest BCUT2D eigenvalue weighted by Gasteiger charge is -2.34. The van der Waals surface area contributed by atoms with Crippen LogP contribution in [-0.4, -0.2) is 54.5 Å².